The molecule has 276 valence electrons. The van der Waals surface area contributed by atoms with E-state index in [4.69, 9.17) is 18.9 Å². The largest absolute Gasteiger partial charge is 0.493 e. The molecule has 0 spiro atoms. The summed E-state index contributed by atoms with van der Waals surface area (Å²) in [5.41, 5.74) is 0.962. The van der Waals surface area contributed by atoms with Crippen molar-refractivity contribution in [1.29, 1.82) is 0 Å². The summed E-state index contributed by atoms with van der Waals surface area (Å²) >= 11 is 1.71. The lowest BCUT2D eigenvalue weighted by Gasteiger charge is -2.45. The number of piperazine rings is 1. The first-order valence-electron chi connectivity index (χ1n) is 17.8. The summed E-state index contributed by atoms with van der Waals surface area (Å²) in [6.45, 7) is 7.98. The predicted octanol–water partition coefficient (Wildman–Crippen LogP) is 4.76. The number of likely N-dealkylation sites (N-methyl/N-ethyl adjacent to an activating group) is 1. The minimum absolute atomic E-state index is 0.123. The van der Waals surface area contributed by atoms with E-state index in [1.807, 2.05) is 37.1 Å². The fourth-order valence-corrected chi connectivity index (χ4v) is 8.22. The minimum atomic E-state index is -0.582. The quantitative estimate of drug-likeness (QED) is 0.206. The van der Waals surface area contributed by atoms with E-state index in [-0.39, 0.29) is 30.2 Å². The lowest BCUT2D eigenvalue weighted by molar-refractivity contribution is -0.146. The molecule has 2 aliphatic heterocycles. The molecule has 0 radical (unpaired) electrons. The maximum Gasteiger partial charge on any atom is 0.320 e. The van der Waals surface area contributed by atoms with Gasteiger partial charge in [-0.1, -0.05) is 36.4 Å². The zero-order valence-corrected chi connectivity index (χ0v) is 31.4. The van der Waals surface area contributed by atoms with Gasteiger partial charge in [-0.3, -0.25) is 19.3 Å². The van der Waals surface area contributed by atoms with Gasteiger partial charge in [-0.15, -0.1) is 11.3 Å². The second-order valence-corrected chi connectivity index (χ2v) is 14.2. The van der Waals surface area contributed by atoms with Crippen molar-refractivity contribution in [3.63, 3.8) is 0 Å². The minimum Gasteiger partial charge on any atom is -0.493 e. The molecule has 2 fully saturated rings. The molecule has 12 heteroatoms. The van der Waals surface area contributed by atoms with Crippen LogP contribution in [0.25, 0.3) is 0 Å². The van der Waals surface area contributed by atoms with Gasteiger partial charge in [0.1, 0.15) is 0 Å². The average molecular weight is 721 g/mol. The van der Waals surface area contributed by atoms with E-state index in [0.717, 1.165) is 44.5 Å². The summed E-state index contributed by atoms with van der Waals surface area (Å²) in [6, 6.07) is 17.8. The van der Waals surface area contributed by atoms with E-state index in [0.29, 0.717) is 62.1 Å². The molecule has 1 unspecified atom stereocenters. The summed E-state index contributed by atoms with van der Waals surface area (Å²) in [5, 5.41) is 2.08. The number of rotatable bonds is 15. The van der Waals surface area contributed by atoms with Crippen molar-refractivity contribution in [2.75, 3.05) is 93.9 Å². The maximum atomic E-state index is 14.4. The molecule has 2 saturated heterocycles. The van der Waals surface area contributed by atoms with Gasteiger partial charge >= 0.3 is 5.97 Å². The number of carbonyl (C=O) groups excluding carboxylic acids is 3. The van der Waals surface area contributed by atoms with Gasteiger partial charge < -0.3 is 33.6 Å². The van der Waals surface area contributed by atoms with Crippen molar-refractivity contribution in [1.82, 2.24) is 19.6 Å². The summed E-state index contributed by atoms with van der Waals surface area (Å²) < 4.78 is 21.6. The summed E-state index contributed by atoms with van der Waals surface area (Å²) in [7, 11) is 6.46. The van der Waals surface area contributed by atoms with Gasteiger partial charge in [-0.05, 0) is 75.0 Å². The number of methoxy groups -OCH3 is 3. The third-order valence-corrected chi connectivity index (χ3v) is 11.3. The Labute approximate surface area is 306 Å². The highest BCUT2D eigenvalue weighted by Gasteiger charge is 2.45. The van der Waals surface area contributed by atoms with Crippen LogP contribution in [0.3, 0.4) is 0 Å². The molecule has 0 saturated carbocycles. The molecule has 1 atom stereocenters. The molecule has 0 aliphatic carbocycles. The number of hydrogen-bond acceptors (Lipinski definition) is 10. The van der Waals surface area contributed by atoms with E-state index in [1.165, 1.54) is 4.88 Å². The maximum absolute atomic E-state index is 14.4. The second kappa shape index (κ2) is 17.9. The molecule has 0 bridgehead atoms. The molecular formula is C39H52N4O7S. The number of thiophene rings is 1. The molecule has 51 heavy (non-hydrogen) atoms. The number of benzene rings is 2. The van der Waals surface area contributed by atoms with Crippen molar-refractivity contribution in [3.8, 4) is 17.2 Å². The van der Waals surface area contributed by atoms with Crippen molar-refractivity contribution < 1.29 is 33.3 Å². The Hall–Kier alpha value is -4.13. The number of piperidine rings is 1. The Balaban J connectivity index is 1.23. The van der Waals surface area contributed by atoms with Gasteiger partial charge in [-0.2, -0.15) is 0 Å². The summed E-state index contributed by atoms with van der Waals surface area (Å²) in [5.74, 6) is 1.32. The first-order valence-corrected chi connectivity index (χ1v) is 18.6. The molecule has 5 rings (SSSR count). The van der Waals surface area contributed by atoms with Crippen LogP contribution < -0.4 is 14.2 Å². The average Bonchev–Trinajstić information content (AvgIpc) is 3.71. The van der Waals surface area contributed by atoms with Crippen LogP contribution in [0.5, 0.6) is 17.2 Å². The zero-order valence-electron chi connectivity index (χ0n) is 30.6. The van der Waals surface area contributed by atoms with Crippen LogP contribution in [-0.4, -0.2) is 131 Å². The SMILES string of the molecule is CCOC(=O)CN1CCN(C(=O)C2(c3ccccc3)CCN(CCC(CN(C)C(=O)c3cc(OC)c(OC)c(OC)c3)c3cccs3)CC2)CC1. The highest BCUT2D eigenvalue weighted by Crippen LogP contribution is 2.40. The van der Waals surface area contributed by atoms with Gasteiger partial charge in [0.15, 0.2) is 11.5 Å². The van der Waals surface area contributed by atoms with Gasteiger partial charge in [0.25, 0.3) is 5.91 Å². The third-order valence-electron chi connectivity index (χ3n) is 10.3. The molecule has 2 aliphatic rings. The van der Waals surface area contributed by atoms with Crippen molar-refractivity contribution in [3.05, 3.63) is 76.0 Å². The number of esters is 1. The second-order valence-electron chi connectivity index (χ2n) is 13.3. The van der Waals surface area contributed by atoms with Crippen LogP contribution >= 0.6 is 11.3 Å². The van der Waals surface area contributed by atoms with Crippen LogP contribution in [0.15, 0.2) is 60.0 Å². The van der Waals surface area contributed by atoms with Crippen molar-refractivity contribution >= 4 is 29.1 Å². The highest BCUT2D eigenvalue weighted by molar-refractivity contribution is 7.10. The number of carbonyl (C=O) groups is 3. The monoisotopic (exact) mass is 720 g/mol. The molecule has 3 aromatic rings. The van der Waals surface area contributed by atoms with Crippen LogP contribution in [0, 0.1) is 0 Å². The molecule has 0 N–H and O–H groups in total. The van der Waals surface area contributed by atoms with Gasteiger partial charge in [0.2, 0.25) is 11.7 Å². The van der Waals surface area contributed by atoms with Crippen LogP contribution in [0.2, 0.25) is 0 Å². The molecule has 2 amide bonds. The van der Waals surface area contributed by atoms with Crippen LogP contribution in [0.1, 0.15) is 52.9 Å². The Morgan fingerprint density at radius 3 is 2.10 bits per heavy atom. The zero-order chi connectivity index (χ0) is 36.4. The topological polar surface area (TPSA) is 101 Å². The number of amides is 2. The van der Waals surface area contributed by atoms with E-state index in [2.05, 4.69) is 39.4 Å². The van der Waals surface area contributed by atoms with Gasteiger partial charge in [0, 0.05) is 56.1 Å². The standard InChI is InChI=1S/C39H52N4O7S/c1-6-50-35(44)28-42-20-22-43(23-21-42)38(46)39(31-11-8-7-9-12-31)15-18-41(19-16-39)17-14-29(34-13-10-24-51-34)27-40(2)37(45)30-25-32(47-3)36(49-5)33(26-30)48-4/h7-13,24-26,29H,6,14-23,27-28H2,1-5H3. The first-order chi connectivity index (χ1) is 24.7. The van der Waals surface area contributed by atoms with E-state index in [9.17, 15) is 14.4 Å². The molecular weight excluding hydrogens is 669 g/mol. The number of ether oxygens (including phenoxy) is 4. The van der Waals surface area contributed by atoms with Gasteiger partial charge in [-0.25, -0.2) is 0 Å². The lowest BCUT2D eigenvalue weighted by Crippen LogP contribution is -2.57. The normalized spacial score (nSPS) is 17.0. The Bertz CT molecular complexity index is 1560. The number of likely N-dealkylation sites (tertiary alicyclic amines) is 1. The first kappa shape index (κ1) is 38.1. The fourth-order valence-electron chi connectivity index (χ4n) is 7.37. The smallest absolute Gasteiger partial charge is 0.320 e. The van der Waals surface area contributed by atoms with Crippen LogP contribution in [-0.2, 0) is 19.7 Å². The molecule has 1 aromatic heterocycles. The molecule has 3 heterocycles. The van der Waals surface area contributed by atoms with Crippen molar-refractivity contribution in [2.45, 2.75) is 37.5 Å². The van der Waals surface area contributed by atoms with E-state index >= 15 is 0 Å². The summed E-state index contributed by atoms with van der Waals surface area (Å²) in [6.07, 6.45) is 2.35. The summed E-state index contributed by atoms with van der Waals surface area (Å²) in [4.78, 5) is 49.7. The van der Waals surface area contributed by atoms with Crippen molar-refractivity contribution in [2.24, 2.45) is 0 Å². The molecule has 2 aromatic carbocycles. The fraction of sp³-hybridized carbons (Fsp3) is 0.513. The van der Waals surface area contributed by atoms with Crippen LogP contribution in [0.4, 0.5) is 0 Å². The lowest BCUT2D eigenvalue weighted by atomic mass is 9.71. The Morgan fingerprint density at radius 2 is 1.53 bits per heavy atom. The number of nitrogens with zero attached hydrogens (tertiary/aromatic N) is 4. The Kier molecular flexibility index (Phi) is 13.4. The van der Waals surface area contributed by atoms with E-state index < -0.39 is 5.41 Å². The van der Waals surface area contributed by atoms with Gasteiger partial charge in [0.05, 0.1) is 39.9 Å². The van der Waals surface area contributed by atoms with E-state index in [1.54, 1.807) is 49.7 Å². The highest BCUT2D eigenvalue weighted by atomic mass is 32.1. The number of hydrogen-bond donors (Lipinski definition) is 0. The third kappa shape index (κ3) is 9.03. The predicted molar refractivity (Wildman–Crippen MR) is 198 cm³/mol. The molecule has 11 nitrogen and oxygen atoms in total. The Morgan fingerprint density at radius 1 is 0.863 bits per heavy atom.